The monoisotopic (exact) mass is 285 g/mol. The van der Waals surface area contributed by atoms with Crippen LogP contribution < -0.4 is 10.1 Å². The molecule has 0 amide bonds. The molecule has 1 aromatic carbocycles. The predicted molar refractivity (Wildman–Crippen MR) is 77.9 cm³/mol. The fraction of sp³-hybridized carbons (Fsp3) is 0.625. The molecule has 1 N–H and O–H groups in total. The van der Waals surface area contributed by atoms with E-state index < -0.39 is 11.6 Å². The van der Waals surface area contributed by atoms with Crippen LogP contribution in [0.2, 0.25) is 0 Å². The zero-order valence-corrected chi connectivity index (χ0v) is 13.0. The molecular weight excluding hydrogens is 260 g/mol. The van der Waals surface area contributed by atoms with E-state index in [4.69, 9.17) is 4.74 Å². The third-order valence-electron chi connectivity index (χ3n) is 2.90. The summed E-state index contributed by atoms with van der Waals surface area (Å²) in [5.41, 5.74) is 0.475. The molecule has 1 atom stereocenters. The summed E-state index contributed by atoms with van der Waals surface area (Å²) in [7, 11) is 0. The molecule has 0 radical (unpaired) electrons. The van der Waals surface area contributed by atoms with Crippen LogP contribution in [0.3, 0.4) is 0 Å². The minimum absolute atomic E-state index is 0.0994. The Labute approximate surface area is 120 Å². The number of nitrogens with one attached hydrogen (secondary N) is 1. The van der Waals surface area contributed by atoms with Gasteiger partial charge in [0.25, 0.3) is 0 Å². The summed E-state index contributed by atoms with van der Waals surface area (Å²) >= 11 is 0. The molecule has 2 nitrogen and oxygen atoms in total. The van der Waals surface area contributed by atoms with E-state index in [0.717, 1.165) is 12.8 Å². The lowest BCUT2D eigenvalue weighted by Crippen LogP contribution is -2.35. The first kappa shape index (κ1) is 16.9. The highest BCUT2D eigenvalue weighted by atomic mass is 19.1. The van der Waals surface area contributed by atoms with Crippen LogP contribution in [0.15, 0.2) is 12.1 Å². The molecule has 0 aromatic heterocycles. The van der Waals surface area contributed by atoms with Gasteiger partial charge in [-0.2, -0.15) is 0 Å². The molecule has 0 saturated heterocycles. The fourth-order valence-corrected chi connectivity index (χ4v) is 1.86. The van der Waals surface area contributed by atoms with Gasteiger partial charge in [0.1, 0.15) is 0 Å². The van der Waals surface area contributed by atoms with Gasteiger partial charge in [0, 0.05) is 12.1 Å². The van der Waals surface area contributed by atoms with Crippen LogP contribution in [0, 0.1) is 11.6 Å². The van der Waals surface area contributed by atoms with Crippen molar-refractivity contribution in [2.45, 2.75) is 65.6 Å². The molecule has 0 fully saturated rings. The molecule has 0 aliphatic rings. The molecule has 0 aliphatic carbocycles. The van der Waals surface area contributed by atoms with Crippen molar-refractivity contribution < 1.29 is 13.5 Å². The van der Waals surface area contributed by atoms with Crippen LogP contribution in [-0.4, -0.2) is 11.6 Å². The highest BCUT2D eigenvalue weighted by Gasteiger charge is 2.16. The number of rotatable bonds is 6. The minimum atomic E-state index is -0.640. The molecule has 0 heterocycles. The number of halogens is 2. The Balaban J connectivity index is 2.81. The molecule has 0 aliphatic heterocycles. The maximum atomic E-state index is 13.9. The van der Waals surface area contributed by atoms with Gasteiger partial charge in [-0.3, -0.25) is 0 Å². The zero-order valence-electron chi connectivity index (χ0n) is 13.0. The second kappa shape index (κ2) is 7.02. The van der Waals surface area contributed by atoms with Gasteiger partial charge < -0.3 is 10.1 Å². The van der Waals surface area contributed by atoms with E-state index in [1.807, 2.05) is 34.6 Å². The van der Waals surface area contributed by atoms with Crippen molar-refractivity contribution in [3.63, 3.8) is 0 Å². The number of hydrogen-bond donors (Lipinski definition) is 1. The summed E-state index contributed by atoms with van der Waals surface area (Å²) in [6, 6.07) is 2.66. The van der Waals surface area contributed by atoms with Gasteiger partial charge in [-0.25, -0.2) is 8.78 Å². The SMILES string of the molecule is CCCC(C)Oc1c(F)cc(CNC(C)(C)C)cc1F. The summed E-state index contributed by atoms with van der Waals surface area (Å²) in [5, 5.41) is 3.20. The second-order valence-electron chi connectivity index (χ2n) is 6.21. The number of benzene rings is 1. The Morgan fingerprint density at radius 3 is 2.20 bits per heavy atom. The lowest BCUT2D eigenvalue weighted by Gasteiger charge is -2.21. The zero-order chi connectivity index (χ0) is 15.3. The minimum Gasteiger partial charge on any atom is -0.485 e. The van der Waals surface area contributed by atoms with E-state index >= 15 is 0 Å². The average Bonchev–Trinajstić information content (AvgIpc) is 2.31. The normalized spacial score (nSPS) is 13.3. The van der Waals surface area contributed by atoms with E-state index in [-0.39, 0.29) is 17.4 Å². The molecule has 1 unspecified atom stereocenters. The van der Waals surface area contributed by atoms with Crippen LogP contribution in [0.25, 0.3) is 0 Å². The molecule has 4 heteroatoms. The van der Waals surface area contributed by atoms with Crippen LogP contribution in [0.4, 0.5) is 8.78 Å². The van der Waals surface area contributed by atoms with Gasteiger partial charge in [-0.1, -0.05) is 13.3 Å². The van der Waals surface area contributed by atoms with Crippen molar-refractivity contribution in [1.29, 1.82) is 0 Å². The van der Waals surface area contributed by atoms with E-state index in [2.05, 4.69) is 5.32 Å². The maximum absolute atomic E-state index is 13.9. The van der Waals surface area contributed by atoms with Crippen molar-refractivity contribution in [3.8, 4) is 5.75 Å². The number of ether oxygens (including phenoxy) is 1. The summed E-state index contributed by atoms with van der Waals surface area (Å²) in [5.74, 6) is -1.55. The average molecular weight is 285 g/mol. The third kappa shape index (κ3) is 5.45. The summed E-state index contributed by atoms with van der Waals surface area (Å²) in [6.07, 6.45) is 1.49. The number of hydrogen-bond acceptors (Lipinski definition) is 2. The van der Waals surface area contributed by atoms with Gasteiger partial charge in [-0.05, 0) is 51.8 Å². The van der Waals surface area contributed by atoms with Gasteiger partial charge >= 0.3 is 0 Å². The molecule has 0 bridgehead atoms. The standard InChI is InChI=1S/C16H25F2NO/c1-6-7-11(2)20-15-13(17)8-12(9-14(15)18)10-19-16(3,4)5/h8-9,11,19H,6-7,10H2,1-5H3. The highest BCUT2D eigenvalue weighted by molar-refractivity contribution is 5.31. The van der Waals surface area contributed by atoms with E-state index in [1.165, 1.54) is 12.1 Å². The van der Waals surface area contributed by atoms with Crippen molar-refractivity contribution in [3.05, 3.63) is 29.3 Å². The molecule has 0 spiro atoms. The third-order valence-corrected chi connectivity index (χ3v) is 2.90. The van der Waals surface area contributed by atoms with Crippen molar-refractivity contribution in [2.24, 2.45) is 0 Å². The van der Waals surface area contributed by atoms with Crippen molar-refractivity contribution in [1.82, 2.24) is 5.32 Å². The molecule has 20 heavy (non-hydrogen) atoms. The van der Waals surface area contributed by atoms with Crippen molar-refractivity contribution >= 4 is 0 Å². The summed E-state index contributed by atoms with van der Waals surface area (Å²) < 4.78 is 33.2. The highest BCUT2D eigenvalue weighted by Crippen LogP contribution is 2.25. The molecule has 0 saturated carbocycles. The molecular formula is C16H25F2NO. The van der Waals surface area contributed by atoms with Crippen LogP contribution in [0.1, 0.15) is 53.0 Å². The Hall–Kier alpha value is -1.16. The Morgan fingerprint density at radius 1 is 1.20 bits per heavy atom. The fourth-order valence-electron chi connectivity index (χ4n) is 1.86. The lowest BCUT2D eigenvalue weighted by atomic mass is 10.1. The second-order valence-corrected chi connectivity index (χ2v) is 6.21. The van der Waals surface area contributed by atoms with Gasteiger partial charge in [-0.15, -0.1) is 0 Å². The topological polar surface area (TPSA) is 21.3 Å². The smallest absolute Gasteiger partial charge is 0.191 e. The van der Waals surface area contributed by atoms with Crippen LogP contribution in [0.5, 0.6) is 5.75 Å². The first-order valence-corrected chi connectivity index (χ1v) is 7.12. The predicted octanol–water partition coefficient (Wildman–Crippen LogP) is 4.42. The van der Waals surface area contributed by atoms with Gasteiger partial charge in [0.05, 0.1) is 6.10 Å². The molecule has 1 aromatic rings. The van der Waals surface area contributed by atoms with E-state index in [0.29, 0.717) is 12.1 Å². The van der Waals surface area contributed by atoms with Crippen molar-refractivity contribution in [2.75, 3.05) is 0 Å². The first-order valence-electron chi connectivity index (χ1n) is 7.12. The maximum Gasteiger partial charge on any atom is 0.191 e. The largest absolute Gasteiger partial charge is 0.485 e. The summed E-state index contributed by atoms with van der Waals surface area (Å²) in [6.45, 7) is 10.3. The Bertz CT molecular complexity index is 418. The lowest BCUT2D eigenvalue weighted by molar-refractivity contribution is 0.191. The van der Waals surface area contributed by atoms with Gasteiger partial charge in [0.2, 0.25) is 0 Å². The molecule has 1 rings (SSSR count). The Morgan fingerprint density at radius 2 is 1.75 bits per heavy atom. The quantitative estimate of drug-likeness (QED) is 0.835. The molecule has 114 valence electrons. The Kier molecular flexibility index (Phi) is 5.93. The first-order chi connectivity index (χ1) is 9.23. The van der Waals surface area contributed by atoms with Crippen LogP contribution in [-0.2, 0) is 6.54 Å². The van der Waals surface area contributed by atoms with Gasteiger partial charge in [0.15, 0.2) is 17.4 Å². The van der Waals surface area contributed by atoms with E-state index in [9.17, 15) is 8.78 Å². The van der Waals surface area contributed by atoms with E-state index in [1.54, 1.807) is 0 Å². The summed E-state index contributed by atoms with van der Waals surface area (Å²) in [4.78, 5) is 0. The van der Waals surface area contributed by atoms with Crippen LogP contribution >= 0.6 is 0 Å².